The summed E-state index contributed by atoms with van der Waals surface area (Å²) in [7, 11) is -3.17. The maximum Gasteiger partial charge on any atom is 0.221 e. The molecule has 3 fully saturated rings. The average molecular weight is 474 g/mol. The molecule has 2 bridgehead atoms. The van der Waals surface area contributed by atoms with Crippen molar-refractivity contribution in [3.63, 3.8) is 0 Å². The van der Waals surface area contributed by atoms with E-state index >= 15 is 0 Å². The first-order valence-corrected chi connectivity index (χ1v) is 12.7. The Hall–Kier alpha value is -2.41. The molecule has 1 saturated carbocycles. The van der Waals surface area contributed by atoms with E-state index in [1.807, 2.05) is 6.92 Å². The molecule has 2 atom stereocenters. The summed E-state index contributed by atoms with van der Waals surface area (Å²) in [5.74, 6) is 1.06. The Labute approximate surface area is 192 Å². The summed E-state index contributed by atoms with van der Waals surface area (Å²) in [6, 6.07) is 5.07. The fourth-order valence-electron chi connectivity index (χ4n) is 4.77. The number of rotatable bonds is 6. The Morgan fingerprint density at radius 2 is 1.91 bits per heavy atom. The topological polar surface area (TPSA) is 88.8 Å². The highest BCUT2D eigenvalue weighted by Crippen LogP contribution is 2.44. The number of nitrogens with one attached hydrogen (secondary N) is 1. The number of benzene rings is 1. The molecule has 0 unspecified atom stereocenters. The summed E-state index contributed by atoms with van der Waals surface area (Å²) in [6.45, 7) is 8.97. The van der Waals surface area contributed by atoms with Gasteiger partial charge in [-0.3, -0.25) is 0 Å². The molecule has 3 aliphatic rings. The second-order valence-corrected chi connectivity index (χ2v) is 11.2. The fraction of sp³-hybridized carbons (Fsp3) is 0.500. The Morgan fingerprint density at radius 1 is 1.19 bits per heavy atom. The van der Waals surface area contributed by atoms with E-state index < -0.39 is 10.0 Å². The van der Waals surface area contributed by atoms with E-state index in [0.29, 0.717) is 40.9 Å². The highest BCUT2D eigenvalue weighted by Gasteiger charge is 2.52. The van der Waals surface area contributed by atoms with Crippen molar-refractivity contribution < 1.29 is 13.2 Å². The quantitative estimate of drug-likeness (QED) is 0.617. The van der Waals surface area contributed by atoms with Gasteiger partial charge in [0.05, 0.1) is 28.1 Å². The third-order valence-corrected chi connectivity index (χ3v) is 9.32. The average Bonchev–Trinajstić information content (AvgIpc) is 3.58. The van der Waals surface area contributed by atoms with Crippen molar-refractivity contribution in [2.75, 3.05) is 5.32 Å². The summed E-state index contributed by atoms with van der Waals surface area (Å²) < 4.78 is 33.7. The van der Waals surface area contributed by atoms with Gasteiger partial charge in [-0.15, -0.1) is 0 Å². The van der Waals surface area contributed by atoms with Gasteiger partial charge in [0.15, 0.2) is 5.69 Å². The molecule has 1 N–H and O–H groups in total. The predicted octanol–water partition coefficient (Wildman–Crippen LogP) is 4.60. The van der Waals surface area contributed by atoms with E-state index in [4.69, 9.17) is 22.9 Å². The van der Waals surface area contributed by atoms with Gasteiger partial charge in [-0.2, -0.15) is 4.31 Å². The van der Waals surface area contributed by atoms with Crippen molar-refractivity contribution in [3.05, 3.63) is 46.5 Å². The van der Waals surface area contributed by atoms with Crippen LogP contribution in [0.1, 0.15) is 44.1 Å². The van der Waals surface area contributed by atoms with Crippen molar-refractivity contribution in [1.82, 2.24) is 14.3 Å². The van der Waals surface area contributed by atoms with Crippen LogP contribution in [-0.4, -0.2) is 46.1 Å². The zero-order valence-electron chi connectivity index (χ0n) is 17.7. The minimum atomic E-state index is -3.17. The molecule has 1 aromatic heterocycles. The lowest BCUT2D eigenvalue weighted by Gasteiger charge is -2.37. The van der Waals surface area contributed by atoms with Crippen LogP contribution in [0.2, 0.25) is 5.02 Å². The summed E-state index contributed by atoms with van der Waals surface area (Å²) in [5, 5.41) is 3.45. The zero-order valence-corrected chi connectivity index (χ0v) is 19.2. The van der Waals surface area contributed by atoms with Crippen molar-refractivity contribution in [3.8, 4) is 5.88 Å². The largest absolute Gasteiger partial charge is 0.474 e. The monoisotopic (exact) mass is 473 g/mol. The number of fused-ring (bicyclic) bond motifs is 2. The zero-order chi connectivity index (χ0) is 22.5. The first-order chi connectivity index (χ1) is 15.4. The smallest absolute Gasteiger partial charge is 0.221 e. The standard InChI is InChI=1S/C22H24ClN5O3S/c1-13-21(27-20-8-3-14(24-2)9-19(20)23)25-12-26-22(13)31-17-10-15-4-5-16(11-17)28(15)32(29,30)18-6-7-18/h3,8-9,12,15-18H,4-7,10-11H2,1H3,(H,25,26,27)/t15-,16-/m0/s1. The van der Waals surface area contributed by atoms with Crippen LogP contribution in [0.3, 0.4) is 0 Å². The Bertz CT molecular complexity index is 1180. The first-order valence-electron chi connectivity index (χ1n) is 10.8. The summed E-state index contributed by atoms with van der Waals surface area (Å²) in [5.41, 5.74) is 1.86. The molecular formula is C22H24ClN5O3S. The van der Waals surface area contributed by atoms with E-state index in [-0.39, 0.29) is 23.4 Å². The third-order valence-electron chi connectivity index (χ3n) is 6.51. The molecule has 168 valence electrons. The number of anilines is 2. The molecule has 2 aliphatic heterocycles. The van der Waals surface area contributed by atoms with Crippen molar-refractivity contribution in [2.45, 2.75) is 68.9 Å². The molecule has 8 nitrogen and oxygen atoms in total. The van der Waals surface area contributed by atoms with Gasteiger partial charge in [0.2, 0.25) is 15.9 Å². The normalized spacial score (nSPS) is 25.3. The van der Waals surface area contributed by atoms with Crippen LogP contribution in [-0.2, 0) is 10.0 Å². The third kappa shape index (κ3) is 3.91. The molecule has 32 heavy (non-hydrogen) atoms. The van der Waals surface area contributed by atoms with Gasteiger partial charge in [0.25, 0.3) is 0 Å². The van der Waals surface area contributed by atoms with Crippen LogP contribution in [0.25, 0.3) is 4.85 Å². The van der Waals surface area contributed by atoms with E-state index in [9.17, 15) is 8.42 Å². The number of hydrogen-bond acceptors (Lipinski definition) is 6. The number of sulfonamides is 1. The first kappa shape index (κ1) is 21.4. The van der Waals surface area contributed by atoms with Gasteiger partial charge >= 0.3 is 0 Å². The number of hydrogen-bond donors (Lipinski definition) is 1. The molecule has 0 radical (unpaired) electrons. The lowest BCUT2D eigenvalue weighted by molar-refractivity contribution is 0.0910. The fourth-order valence-corrected chi connectivity index (χ4v) is 7.29. The summed E-state index contributed by atoms with van der Waals surface area (Å²) in [6.07, 6.45) is 6.08. The maximum atomic E-state index is 12.8. The van der Waals surface area contributed by atoms with Gasteiger partial charge in [-0.05, 0) is 44.7 Å². The highest BCUT2D eigenvalue weighted by molar-refractivity contribution is 7.90. The van der Waals surface area contributed by atoms with Gasteiger partial charge in [0, 0.05) is 24.9 Å². The van der Waals surface area contributed by atoms with E-state index in [1.165, 1.54) is 6.33 Å². The molecule has 0 amide bonds. The lowest BCUT2D eigenvalue weighted by atomic mass is 10.0. The summed E-state index contributed by atoms with van der Waals surface area (Å²) in [4.78, 5) is 12.0. The van der Waals surface area contributed by atoms with Crippen LogP contribution in [0.4, 0.5) is 17.2 Å². The maximum absolute atomic E-state index is 12.8. The lowest BCUT2D eigenvalue weighted by Crippen LogP contribution is -2.50. The van der Waals surface area contributed by atoms with Gasteiger partial charge in [0.1, 0.15) is 18.2 Å². The Balaban J connectivity index is 1.30. The van der Waals surface area contributed by atoms with Crippen LogP contribution < -0.4 is 10.1 Å². The minimum absolute atomic E-state index is 0.0175. The second kappa shape index (κ2) is 8.18. The van der Waals surface area contributed by atoms with Crippen molar-refractivity contribution in [1.29, 1.82) is 0 Å². The number of piperidine rings is 1. The molecule has 1 aromatic carbocycles. The van der Waals surface area contributed by atoms with E-state index in [0.717, 1.165) is 31.2 Å². The van der Waals surface area contributed by atoms with Gasteiger partial charge in [-0.25, -0.2) is 23.2 Å². The van der Waals surface area contributed by atoms with Crippen molar-refractivity contribution in [2.24, 2.45) is 0 Å². The van der Waals surface area contributed by atoms with Crippen LogP contribution in [0, 0.1) is 13.5 Å². The number of ether oxygens (including phenoxy) is 1. The molecule has 2 saturated heterocycles. The van der Waals surface area contributed by atoms with E-state index in [2.05, 4.69) is 20.1 Å². The number of nitrogens with zero attached hydrogens (tertiary/aromatic N) is 4. The van der Waals surface area contributed by atoms with Crippen LogP contribution >= 0.6 is 11.6 Å². The molecule has 5 rings (SSSR count). The number of halogens is 1. The van der Waals surface area contributed by atoms with Crippen molar-refractivity contribution >= 4 is 38.8 Å². The predicted molar refractivity (Wildman–Crippen MR) is 122 cm³/mol. The van der Waals surface area contributed by atoms with Gasteiger partial charge in [-0.1, -0.05) is 17.7 Å². The molecular weight excluding hydrogens is 450 g/mol. The van der Waals surface area contributed by atoms with Crippen LogP contribution in [0.15, 0.2) is 24.5 Å². The molecule has 0 spiro atoms. The van der Waals surface area contributed by atoms with E-state index in [1.54, 1.807) is 22.5 Å². The highest BCUT2D eigenvalue weighted by atomic mass is 35.5. The molecule has 2 aromatic rings. The van der Waals surface area contributed by atoms with Crippen LogP contribution in [0.5, 0.6) is 5.88 Å². The Kier molecular flexibility index (Phi) is 5.48. The second-order valence-electron chi connectivity index (χ2n) is 8.72. The molecule has 3 heterocycles. The van der Waals surface area contributed by atoms with Gasteiger partial charge < -0.3 is 10.1 Å². The minimum Gasteiger partial charge on any atom is -0.474 e. The SMILES string of the molecule is [C-]#[N+]c1ccc(Nc2ncnc(OC3C[C@@H]4CC[C@@H](C3)N4S(=O)(=O)C3CC3)c2C)c(Cl)c1. The molecule has 10 heteroatoms. The summed E-state index contributed by atoms with van der Waals surface area (Å²) >= 11 is 6.29. The number of aromatic nitrogens is 2. The Morgan fingerprint density at radius 3 is 2.53 bits per heavy atom. The molecule has 1 aliphatic carbocycles.